The van der Waals surface area contributed by atoms with Gasteiger partial charge in [0.15, 0.2) is 0 Å². The predicted molar refractivity (Wildman–Crippen MR) is 112 cm³/mol. The van der Waals surface area contributed by atoms with Gasteiger partial charge in [0.05, 0.1) is 0 Å². The Morgan fingerprint density at radius 2 is 2.00 bits per heavy atom. The molecule has 0 aromatic rings. The van der Waals surface area contributed by atoms with Gasteiger partial charge in [0.2, 0.25) is 0 Å². The lowest BCUT2D eigenvalue weighted by Crippen LogP contribution is -2.53. The molecule has 4 nitrogen and oxygen atoms in total. The predicted octanol–water partition coefficient (Wildman–Crippen LogP) is 4.35. The van der Waals surface area contributed by atoms with E-state index in [1.165, 1.54) is 5.57 Å². The van der Waals surface area contributed by atoms with Crippen molar-refractivity contribution in [3.8, 4) is 0 Å². The first-order valence-electron chi connectivity index (χ1n) is 11.7. The smallest absolute Gasteiger partial charge is 0.306 e. The van der Waals surface area contributed by atoms with Gasteiger partial charge in [-0.3, -0.25) is 9.59 Å². The van der Waals surface area contributed by atoms with Crippen molar-refractivity contribution in [3.63, 3.8) is 0 Å². The van der Waals surface area contributed by atoms with Crippen LogP contribution in [0.5, 0.6) is 0 Å². The van der Waals surface area contributed by atoms with Crippen LogP contribution in [0.2, 0.25) is 0 Å². The minimum Gasteiger partial charge on any atom is -0.458 e. The maximum atomic E-state index is 12.3. The number of nitrogens with one attached hydrogen (secondary N) is 1. The molecule has 0 aromatic carbocycles. The highest BCUT2D eigenvalue weighted by Gasteiger charge is 2.66. The van der Waals surface area contributed by atoms with Crippen LogP contribution in [0.1, 0.15) is 72.1 Å². The molecule has 5 rings (SSSR count). The van der Waals surface area contributed by atoms with Crippen molar-refractivity contribution in [2.75, 3.05) is 13.1 Å². The van der Waals surface area contributed by atoms with Crippen molar-refractivity contribution >= 4 is 11.8 Å². The van der Waals surface area contributed by atoms with Crippen LogP contribution in [0, 0.1) is 28.6 Å². The Labute approximate surface area is 174 Å². The first-order chi connectivity index (χ1) is 13.8. The molecule has 1 spiro atoms. The second kappa shape index (κ2) is 6.54. The number of hydrogen-bond acceptors (Lipinski definition) is 4. The summed E-state index contributed by atoms with van der Waals surface area (Å²) in [5.41, 5.74) is 2.78. The maximum absolute atomic E-state index is 12.3. The fraction of sp³-hybridized carbons (Fsp3) is 0.760. The Morgan fingerprint density at radius 3 is 2.72 bits per heavy atom. The van der Waals surface area contributed by atoms with E-state index in [0.29, 0.717) is 42.8 Å². The highest BCUT2D eigenvalue weighted by molar-refractivity contribution is 5.83. The summed E-state index contributed by atoms with van der Waals surface area (Å²) >= 11 is 0. The molecule has 1 aliphatic heterocycles. The monoisotopic (exact) mass is 397 g/mol. The minimum atomic E-state index is -0.257. The van der Waals surface area contributed by atoms with Gasteiger partial charge in [-0.2, -0.15) is 0 Å². The van der Waals surface area contributed by atoms with E-state index in [1.54, 1.807) is 5.57 Å². The van der Waals surface area contributed by atoms with Crippen LogP contribution in [0.3, 0.4) is 0 Å². The van der Waals surface area contributed by atoms with Crippen LogP contribution in [0.15, 0.2) is 23.3 Å². The van der Waals surface area contributed by atoms with Gasteiger partial charge in [-0.15, -0.1) is 0 Å². The zero-order chi connectivity index (χ0) is 20.4. The third kappa shape index (κ3) is 2.60. The molecule has 0 bridgehead atoms. The number of rotatable bonds is 3. The highest BCUT2D eigenvalue weighted by Crippen LogP contribution is 2.68. The molecule has 0 amide bonds. The molecule has 2 unspecified atom stereocenters. The Morgan fingerprint density at radius 1 is 1.17 bits per heavy atom. The molecule has 158 valence electrons. The van der Waals surface area contributed by atoms with Crippen LogP contribution in [0.25, 0.3) is 0 Å². The molecule has 4 heteroatoms. The second-order valence-corrected chi connectivity index (χ2v) is 10.6. The van der Waals surface area contributed by atoms with Gasteiger partial charge in [-0.1, -0.05) is 44.1 Å². The van der Waals surface area contributed by atoms with E-state index in [9.17, 15) is 9.59 Å². The SMILES string of the molecule is CCNC[C@@H]1C=C2CC(=O)CC[C@]2(C)C2=CC[C@@]3(C)C(CC[C@@]34CCC(=O)O4)C21. The van der Waals surface area contributed by atoms with Crippen molar-refractivity contribution in [2.45, 2.75) is 77.7 Å². The third-order valence-corrected chi connectivity index (χ3v) is 9.44. The molecule has 2 saturated carbocycles. The number of fused-ring (bicyclic) bond motifs is 6. The summed E-state index contributed by atoms with van der Waals surface area (Å²) in [4.78, 5) is 24.3. The van der Waals surface area contributed by atoms with E-state index >= 15 is 0 Å². The van der Waals surface area contributed by atoms with Gasteiger partial charge < -0.3 is 10.1 Å². The number of allylic oxidation sites excluding steroid dienone is 3. The zero-order valence-electron chi connectivity index (χ0n) is 18.2. The molecular formula is C25H35NO3. The number of esters is 1. The molecule has 0 radical (unpaired) electrons. The lowest BCUT2D eigenvalue weighted by molar-refractivity contribution is -0.160. The summed E-state index contributed by atoms with van der Waals surface area (Å²) in [5, 5.41) is 3.59. The third-order valence-electron chi connectivity index (χ3n) is 9.44. The fourth-order valence-corrected chi connectivity index (χ4v) is 7.72. The molecule has 5 aliphatic rings. The van der Waals surface area contributed by atoms with Crippen molar-refractivity contribution in [3.05, 3.63) is 23.3 Å². The average molecular weight is 398 g/mol. The molecule has 6 atom stereocenters. The second-order valence-electron chi connectivity index (χ2n) is 10.6. The largest absolute Gasteiger partial charge is 0.458 e. The fourth-order valence-electron chi connectivity index (χ4n) is 7.72. The van der Waals surface area contributed by atoms with E-state index in [-0.39, 0.29) is 22.4 Å². The molecule has 1 N–H and O–H groups in total. The summed E-state index contributed by atoms with van der Waals surface area (Å²) in [6.45, 7) is 8.87. The molecule has 1 saturated heterocycles. The van der Waals surface area contributed by atoms with E-state index in [0.717, 1.165) is 45.2 Å². The number of ketones is 1. The number of ether oxygens (including phenoxy) is 1. The topological polar surface area (TPSA) is 55.4 Å². The summed E-state index contributed by atoms with van der Waals surface area (Å²) < 4.78 is 6.08. The van der Waals surface area contributed by atoms with Crippen molar-refractivity contribution in [1.82, 2.24) is 5.32 Å². The molecular weight excluding hydrogens is 362 g/mol. The Hall–Kier alpha value is -1.42. The van der Waals surface area contributed by atoms with Gasteiger partial charge in [-0.05, 0) is 56.4 Å². The average Bonchev–Trinajstić information content (AvgIpc) is 3.21. The molecule has 4 aliphatic carbocycles. The van der Waals surface area contributed by atoms with E-state index < -0.39 is 0 Å². The first-order valence-corrected chi connectivity index (χ1v) is 11.7. The lowest BCUT2D eigenvalue weighted by Gasteiger charge is -2.56. The Balaban J connectivity index is 1.58. The van der Waals surface area contributed by atoms with Crippen LogP contribution in [0.4, 0.5) is 0 Å². The van der Waals surface area contributed by atoms with Crippen molar-refractivity contribution in [1.29, 1.82) is 0 Å². The van der Waals surface area contributed by atoms with Gasteiger partial charge >= 0.3 is 5.97 Å². The van der Waals surface area contributed by atoms with E-state index in [4.69, 9.17) is 4.74 Å². The van der Waals surface area contributed by atoms with Gasteiger partial charge in [0.25, 0.3) is 0 Å². The number of hydrogen-bond donors (Lipinski definition) is 1. The molecule has 0 aromatic heterocycles. The molecule has 3 fully saturated rings. The van der Waals surface area contributed by atoms with Crippen LogP contribution < -0.4 is 5.32 Å². The highest BCUT2D eigenvalue weighted by atomic mass is 16.6. The lowest BCUT2D eigenvalue weighted by atomic mass is 9.49. The summed E-state index contributed by atoms with van der Waals surface area (Å²) in [5.74, 6) is 1.85. The van der Waals surface area contributed by atoms with Gasteiger partial charge in [-0.25, -0.2) is 0 Å². The molecule has 1 heterocycles. The van der Waals surface area contributed by atoms with E-state index in [2.05, 4.69) is 38.2 Å². The van der Waals surface area contributed by atoms with Crippen LogP contribution >= 0.6 is 0 Å². The van der Waals surface area contributed by atoms with E-state index in [1.807, 2.05) is 0 Å². The quantitative estimate of drug-likeness (QED) is 0.568. The van der Waals surface area contributed by atoms with Gasteiger partial charge in [0, 0.05) is 36.6 Å². The normalized spacial score (nSPS) is 46.0. The van der Waals surface area contributed by atoms with Crippen molar-refractivity contribution < 1.29 is 14.3 Å². The summed E-state index contributed by atoms with van der Waals surface area (Å²) in [7, 11) is 0. The number of carbonyl (C=O) groups is 2. The Kier molecular flexibility index (Phi) is 4.40. The maximum Gasteiger partial charge on any atom is 0.306 e. The Bertz CT molecular complexity index is 813. The van der Waals surface area contributed by atoms with Crippen LogP contribution in [-0.4, -0.2) is 30.4 Å². The minimum absolute atomic E-state index is 0.00516. The molecule has 29 heavy (non-hydrogen) atoms. The van der Waals surface area contributed by atoms with Gasteiger partial charge in [0.1, 0.15) is 11.4 Å². The number of carbonyl (C=O) groups excluding carboxylic acids is 2. The standard InChI is InChI=1S/C25H35NO3/c1-4-26-15-16-13-17-14-18(27)5-9-23(17,2)19-6-10-24(3)20(22(16)19)7-11-25(24)12-8-21(28)29-25/h6,13,16,20,22,26H,4-5,7-12,14-15H2,1-3H3/t16-,20?,22?,23-,24-,25+/m0/s1. The van der Waals surface area contributed by atoms with Crippen LogP contribution in [-0.2, 0) is 14.3 Å². The zero-order valence-corrected chi connectivity index (χ0v) is 18.2. The first kappa shape index (κ1) is 19.5. The summed E-state index contributed by atoms with van der Waals surface area (Å²) in [6.07, 6.45) is 11.9. The summed E-state index contributed by atoms with van der Waals surface area (Å²) in [6, 6.07) is 0. The number of Topliss-reactive ketones (excluding diaryl/α,β-unsaturated/α-hetero) is 1. The van der Waals surface area contributed by atoms with Crippen molar-refractivity contribution in [2.24, 2.45) is 28.6 Å².